The Labute approximate surface area is 212 Å². The average Bonchev–Trinajstić information content (AvgIpc) is 2.94. The summed E-state index contributed by atoms with van der Waals surface area (Å²) in [7, 11) is -0.226. The first-order valence-corrected chi connectivity index (χ1v) is 14.3. The molecule has 0 bridgehead atoms. The fourth-order valence-corrected chi connectivity index (χ4v) is 6.55. The molecule has 5 nitrogen and oxygen atoms in total. The smallest absolute Gasteiger partial charge is 0.489 e. The monoisotopic (exact) mass is 525 g/mol. The van der Waals surface area contributed by atoms with Crippen LogP contribution in [-0.2, 0) is 16.1 Å². The molecule has 0 radical (unpaired) electrons. The van der Waals surface area contributed by atoms with E-state index in [1.54, 1.807) is 13.0 Å². The van der Waals surface area contributed by atoms with Crippen LogP contribution in [0.25, 0.3) is 0 Å². The predicted molar refractivity (Wildman–Crippen MR) is 136 cm³/mol. The van der Waals surface area contributed by atoms with Crippen molar-refractivity contribution in [3.05, 3.63) is 64.6 Å². The van der Waals surface area contributed by atoms with Gasteiger partial charge >= 0.3 is 12.3 Å². The molecule has 36 heavy (non-hydrogen) atoms. The molecule has 0 saturated carbocycles. The second kappa shape index (κ2) is 12.7. The van der Waals surface area contributed by atoms with Crippen LogP contribution in [0.15, 0.2) is 53.5 Å². The normalized spacial score (nSPS) is 25.7. The number of aliphatic carboxylic acids is 1. The third kappa shape index (κ3) is 8.88. The first-order chi connectivity index (χ1) is 17.0. The minimum atomic E-state index is -4.72. The molecule has 1 aromatic rings. The lowest BCUT2D eigenvalue weighted by atomic mass is 10.1. The first kappa shape index (κ1) is 28.1. The molecule has 1 saturated heterocycles. The van der Waals surface area contributed by atoms with Gasteiger partial charge in [0.1, 0.15) is 18.1 Å². The van der Waals surface area contributed by atoms with Crippen LogP contribution >= 0.6 is 7.92 Å². The van der Waals surface area contributed by atoms with E-state index in [-0.39, 0.29) is 26.7 Å². The average molecular weight is 526 g/mol. The van der Waals surface area contributed by atoms with E-state index >= 15 is 0 Å². The molecule has 198 valence electrons. The SMILES string of the molecule is C/C1=C/C(N2CCCP(C)[C@@H](CCC(=O)O)C2)=C\C(OCc2ccc(OC(F)(F)F)cc2C)=C/CC1. The van der Waals surface area contributed by atoms with Gasteiger partial charge in [0.2, 0.25) is 0 Å². The van der Waals surface area contributed by atoms with E-state index < -0.39 is 12.3 Å². The summed E-state index contributed by atoms with van der Waals surface area (Å²) < 4.78 is 47.7. The molecule has 1 aliphatic carbocycles. The van der Waals surface area contributed by atoms with Gasteiger partial charge in [-0.2, -0.15) is 0 Å². The van der Waals surface area contributed by atoms with Crippen molar-refractivity contribution in [3.8, 4) is 5.75 Å². The fraction of sp³-hybridized carbons (Fsp3) is 0.519. The number of rotatable bonds is 8. The largest absolute Gasteiger partial charge is 0.573 e. The van der Waals surface area contributed by atoms with Gasteiger partial charge in [0, 0.05) is 31.3 Å². The van der Waals surface area contributed by atoms with Gasteiger partial charge in [0.05, 0.1) is 0 Å². The number of halogens is 3. The number of carbonyl (C=O) groups is 1. The van der Waals surface area contributed by atoms with Crippen molar-refractivity contribution in [2.45, 2.75) is 64.6 Å². The second-order valence-electron chi connectivity index (χ2n) is 9.50. The highest BCUT2D eigenvalue weighted by molar-refractivity contribution is 7.57. The highest BCUT2D eigenvalue weighted by Crippen LogP contribution is 2.43. The Morgan fingerprint density at radius 3 is 2.72 bits per heavy atom. The van der Waals surface area contributed by atoms with Gasteiger partial charge in [-0.3, -0.25) is 4.79 Å². The first-order valence-electron chi connectivity index (χ1n) is 12.2. The summed E-state index contributed by atoms with van der Waals surface area (Å²) in [5.74, 6) is -0.262. The highest BCUT2D eigenvalue weighted by atomic mass is 31.1. The molecule has 2 aliphatic rings. The quantitative estimate of drug-likeness (QED) is 0.372. The van der Waals surface area contributed by atoms with E-state index in [1.165, 1.54) is 17.7 Å². The number of allylic oxidation sites excluding steroid dienone is 4. The summed E-state index contributed by atoms with van der Waals surface area (Å²) in [6.07, 6.45) is 6.40. The number of benzene rings is 1. The number of hydrogen-bond donors (Lipinski definition) is 1. The van der Waals surface area contributed by atoms with E-state index in [2.05, 4.69) is 35.4 Å². The van der Waals surface area contributed by atoms with Gasteiger partial charge < -0.3 is 19.5 Å². The van der Waals surface area contributed by atoms with Crippen molar-refractivity contribution in [2.75, 3.05) is 25.9 Å². The van der Waals surface area contributed by atoms with Crippen molar-refractivity contribution in [1.29, 1.82) is 0 Å². The number of hydrogen-bond acceptors (Lipinski definition) is 4. The zero-order chi connectivity index (χ0) is 26.3. The van der Waals surface area contributed by atoms with E-state index in [0.29, 0.717) is 17.6 Å². The summed E-state index contributed by atoms with van der Waals surface area (Å²) >= 11 is 0. The number of alkyl halides is 3. The van der Waals surface area contributed by atoms with E-state index in [9.17, 15) is 23.1 Å². The molecule has 3 rings (SSSR count). The third-order valence-corrected chi connectivity index (χ3v) is 9.25. The molecule has 9 heteroatoms. The fourth-order valence-electron chi connectivity index (χ4n) is 4.50. The lowest BCUT2D eigenvalue weighted by Crippen LogP contribution is -2.30. The topological polar surface area (TPSA) is 59.0 Å². The molecule has 0 aromatic heterocycles. The summed E-state index contributed by atoms with van der Waals surface area (Å²) in [5.41, 5.74) is 4.15. The molecule has 1 fully saturated rings. The zero-order valence-corrected chi connectivity index (χ0v) is 22.0. The highest BCUT2D eigenvalue weighted by Gasteiger charge is 2.31. The van der Waals surface area contributed by atoms with Crippen LogP contribution in [0, 0.1) is 6.92 Å². The maximum atomic E-state index is 12.5. The molecule has 2 atom stereocenters. The molecule has 0 amide bonds. The maximum absolute atomic E-state index is 12.5. The lowest BCUT2D eigenvalue weighted by Gasteiger charge is -2.30. The Balaban J connectivity index is 1.75. The standard InChI is InChI=1S/C27H35F3NO4P/c1-19-6-4-7-23(34-18-21-8-9-24(15-20(21)2)35-27(28,29)30)16-22(14-19)31-12-5-13-36(3)25(17-31)10-11-26(32)33/h7-9,14-16,25H,4-6,10-13,17-18H2,1-3H3,(H,32,33)/b19-14-,22-16+,23-7+/t25-,36?/m0/s1. The summed E-state index contributed by atoms with van der Waals surface area (Å²) in [4.78, 5) is 13.5. The summed E-state index contributed by atoms with van der Waals surface area (Å²) in [5, 5.41) is 9.18. The minimum Gasteiger partial charge on any atom is -0.489 e. The van der Waals surface area contributed by atoms with Crippen LogP contribution in [-0.4, -0.2) is 53.9 Å². The molecule has 1 aliphatic heterocycles. The van der Waals surface area contributed by atoms with Crippen molar-refractivity contribution < 1.29 is 32.5 Å². The van der Waals surface area contributed by atoms with Crippen molar-refractivity contribution in [1.82, 2.24) is 4.90 Å². The molecule has 1 N–H and O–H groups in total. The number of nitrogens with zero attached hydrogens (tertiary/aromatic N) is 1. The van der Waals surface area contributed by atoms with E-state index in [4.69, 9.17) is 4.74 Å². The van der Waals surface area contributed by atoms with E-state index in [0.717, 1.165) is 55.5 Å². The summed E-state index contributed by atoms with van der Waals surface area (Å²) in [6.45, 7) is 8.11. The molecule has 1 aromatic carbocycles. The van der Waals surface area contributed by atoms with Crippen LogP contribution < -0.4 is 4.74 Å². The van der Waals surface area contributed by atoms with Gasteiger partial charge in [0.15, 0.2) is 0 Å². The Kier molecular flexibility index (Phi) is 9.89. The third-order valence-electron chi connectivity index (χ3n) is 6.56. The van der Waals surface area contributed by atoms with Crippen LogP contribution in [0.3, 0.4) is 0 Å². The number of carboxylic acids is 1. The molecule has 1 unspecified atom stereocenters. The number of aryl methyl sites for hydroxylation is 1. The van der Waals surface area contributed by atoms with Crippen molar-refractivity contribution in [3.63, 3.8) is 0 Å². The van der Waals surface area contributed by atoms with E-state index in [1.807, 2.05) is 6.08 Å². The maximum Gasteiger partial charge on any atom is 0.573 e. The Bertz CT molecular complexity index is 1020. The Hall–Kier alpha value is -2.47. The van der Waals surface area contributed by atoms with Crippen LogP contribution in [0.2, 0.25) is 0 Å². The summed E-state index contributed by atoms with van der Waals surface area (Å²) in [6, 6.07) is 4.26. The molecular weight excluding hydrogens is 490 g/mol. The Morgan fingerprint density at radius 1 is 1.25 bits per heavy atom. The molecule has 1 heterocycles. The van der Waals surface area contributed by atoms with Crippen LogP contribution in [0.5, 0.6) is 5.75 Å². The van der Waals surface area contributed by atoms with Gasteiger partial charge in [-0.05, 0) is 93.4 Å². The minimum absolute atomic E-state index is 0.194. The number of carboxylic acid groups (broad SMARTS) is 1. The van der Waals surface area contributed by atoms with Gasteiger partial charge in [0.25, 0.3) is 0 Å². The predicted octanol–water partition coefficient (Wildman–Crippen LogP) is 6.97. The van der Waals surface area contributed by atoms with Gasteiger partial charge in [-0.25, -0.2) is 0 Å². The van der Waals surface area contributed by atoms with Crippen LogP contribution in [0.1, 0.15) is 50.2 Å². The van der Waals surface area contributed by atoms with Crippen molar-refractivity contribution in [2.24, 2.45) is 0 Å². The molecular formula is C27H35F3NO4P. The van der Waals surface area contributed by atoms with Gasteiger partial charge in [-0.1, -0.05) is 11.6 Å². The number of ether oxygens (including phenoxy) is 2. The molecule has 0 spiro atoms. The van der Waals surface area contributed by atoms with Crippen molar-refractivity contribution >= 4 is 13.9 Å². The van der Waals surface area contributed by atoms with Gasteiger partial charge in [-0.15, -0.1) is 21.1 Å². The lowest BCUT2D eigenvalue weighted by molar-refractivity contribution is -0.274. The second-order valence-corrected chi connectivity index (χ2v) is 12.2. The zero-order valence-electron chi connectivity index (χ0n) is 21.1. The Morgan fingerprint density at radius 2 is 2.03 bits per heavy atom. The van der Waals surface area contributed by atoms with Crippen LogP contribution in [0.4, 0.5) is 13.2 Å².